The van der Waals surface area contributed by atoms with Crippen molar-refractivity contribution in [3.05, 3.63) is 40.5 Å². The Morgan fingerprint density at radius 3 is 2.40 bits per heavy atom. The first-order valence-corrected chi connectivity index (χ1v) is 5.59. The Morgan fingerprint density at radius 2 is 1.87 bits per heavy atom. The fourth-order valence-corrected chi connectivity index (χ4v) is 1.67. The van der Waals surface area contributed by atoms with Crippen molar-refractivity contribution in [1.29, 1.82) is 0 Å². The second kappa shape index (κ2) is 5.72. The molecule has 0 radical (unpaired) electrons. The summed E-state index contributed by atoms with van der Waals surface area (Å²) in [5.74, 6) is 0. The van der Waals surface area contributed by atoms with Crippen LogP contribution in [-0.2, 0) is 0 Å². The lowest BCUT2D eigenvalue weighted by atomic mass is 10.0. The summed E-state index contributed by atoms with van der Waals surface area (Å²) in [5.41, 5.74) is 5.46. The van der Waals surface area contributed by atoms with Gasteiger partial charge in [0.1, 0.15) is 0 Å². The predicted octanol–water partition coefficient (Wildman–Crippen LogP) is 3.32. The maximum absolute atomic E-state index is 3.34. The first kappa shape index (κ1) is 12.0. The quantitative estimate of drug-likeness (QED) is 0.791. The molecule has 1 nitrogen and oxygen atoms in total. The van der Waals surface area contributed by atoms with Gasteiger partial charge >= 0.3 is 0 Å². The lowest BCUT2D eigenvalue weighted by Gasteiger charge is -2.07. The molecular weight excluding hydrogens is 182 g/mol. The Hall–Kier alpha value is -1.08. The molecule has 0 aliphatic heterocycles. The summed E-state index contributed by atoms with van der Waals surface area (Å²) in [6.07, 6.45) is 2.29. The van der Waals surface area contributed by atoms with Crippen LogP contribution in [0.2, 0.25) is 0 Å². The number of aryl methyl sites for hydroxylation is 2. The number of rotatable bonds is 4. The minimum absolute atomic E-state index is 0.976. The predicted molar refractivity (Wildman–Crippen MR) is 68.1 cm³/mol. The van der Waals surface area contributed by atoms with Gasteiger partial charge in [-0.05, 0) is 44.0 Å². The van der Waals surface area contributed by atoms with Gasteiger partial charge in [-0.1, -0.05) is 36.8 Å². The van der Waals surface area contributed by atoms with Gasteiger partial charge in [0.05, 0.1) is 0 Å². The van der Waals surface area contributed by atoms with Crippen LogP contribution in [0.25, 0.3) is 6.08 Å². The van der Waals surface area contributed by atoms with Gasteiger partial charge in [0.15, 0.2) is 0 Å². The number of hydrogen-bond acceptors (Lipinski definition) is 1. The van der Waals surface area contributed by atoms with Gasteiger partial charge in [0, 0.05) is 6.54 Å². The summed E-state index contributed by atoms with van der Waals surface area (Å²) in [7, 11) is 0. The van der Waals surface area contributed by atoms with E-state index >= 15 is 0 Å². The Morgan fingerprint density at radius 1 is 1.27 bits per heavy atom. The van der Waals surface area contributed by atoms with Crippen LogP contribution in [0.1, 0.15) is 30.5 Å². The molecule has 0 aliphatic carbocycles. The van der Waals surface area contributed by atoms with Crippen molar-refractivity contribution in [1.82, 2.24) is 5.32 Å². The third kappa shape index (κ3) is 3.52. The van der Waals surface area contributed by atoms with E-state index in [0.717, 1.165) is 13.1 Å². The standard InChI is InChI=1S/C14H21N/c1-5-15-10-11(2)9-14-12(3)7-6-8-13(14)4/h6-9,15H,5,10H2,1-4H3/b11-9+. The van der Waals surface area contributed by atoms with Crippen molar-refractivity contribution >= 4 is 6.08 Å². The van der Waals surface area contributed by atoms with E-state index in [2.05, 4.69) is 57.3 Å². The molecule has 1 N–H and O–H groups in total. The molecule has 1 heteroatoms. The van der Waals surface area contributed by atoms with Crippen molar-refractivity contribution in [2.24, 2.45) is 0 Å². The fraction of sp³-hybridized carbons (Fsp3) is 0.429. The van der Waals surface area contributed by atoms with Gasteiger partial charge in [-0.3, -0.25) is 0 Å². The molecule has 15 heavy (non-hydrogen) atoms. The van der Waals surface area contributed by atoms with Crippen LogP contribution < -0.4 is 5.32 Å². The van der Waals surface area contributed by atoms with Crippen molar-refractivity contribution in [2.45, 2.75) is 27.7 Å². The molecule has 0 saturated carbocycles. The minimum Gasteiger partial charge on any atom is -0.313 e. The monoisotopic (exact) mass is 203 g/mol. The van der Waals surface area contributed by atoms with E-state index in [1.165, 1.54) is 22.3 Å². The molecule has 0 fully saturated rings. The summed E-state index contributed by atoms with van der Waals surface area (Å²) >= 11 is 0. The lowest BCUT2D eigenvalue weighted by Crippen LogP contribution is -2.14. The van der Waals surface area contributed by atoms with Crippen molar-refractivity contribution in [3.63, 3.8) is 0 Å². The normalized spacial score (nSPS) is 11.9. The van der Waals surface area contributed by atoms with Crippen LogP contribution in [-0.4, -0.2) is 13.1 Å². The molecule has 1 aromatic carbocycles. The molecule has 0 atom stereocenters. The van der Waals surface area contributed by atoms with Crippen LogP contribution >= 0.6 is 0 Å². The fourth-order valence-electron chi connectivity index (χ4n) is 1.67. The summed E-state index contributed by atoms with van der Waals surface area (Å²) in [6.45, 7) is 10.6. The summed E-state index contributed by atoms with van der Waals surface area (Å²) < 4.78 is 0. The van der Waals surface area contributed by atoms with E-state index in [1.807, 2.05) is 0 Å². The number of likely N-dealkylation sites (N-methyl/N-ethyl adjacent to an activating group) is 1. The summed E-state index contributed by atoms with van der Waals surface area (Å²) in [5, 5.41) is 3.34. The van der Waals surface area contributed by atoms with E-state index in [9.17, 15) is 0 Å². The number of nitrogens with one attached hydrogen (secondary N) is 1. The first-order chi connectivity index (χ1) is 7.15. The largest absolute Gasteiger partial charge is 0.313 e. The van der Waals surface area contributed by atoms with Crippen LogP contribution in [0.3, 0.4) is 0 Å². The molecular formula is C14H21N. The molecule has 0 aliphatic rings. The maximum atomic E-state index is 3.34. The molecule has 1 aromatic rings. The maximum Gasteiger partial charge on any atom is 0.0165 e. The van der Waals surface area contributed by atoms with Crippen LogP contribution in [0.4, 0.5) is 0 Å². The summed E-state index contributed by atoms with van der Waals surface area (Å²) in [4.78, 5) is 0. The van der Waals surface area contributed by atoms with E-state index in [1.54, 1.807) is 0 Å². The molecule has 0 amide bonds. The van der Waals surface area contributed by atoms with Gasteiger partial charge in [-0.2, -0.15) is 0 Å². The molecule has 0 unspecified atom stereocenters. The van der Waals surface area contributed by atoms with Crippen LogP contribution in [0, 0.1) is 13.8 Å². The van der Waals surface area contributed by atoms with Gasteiger partial charge in [0.25, 0.3) is 0 Å². The molecule has 0 heterocycles. The molecule has 1 rings (SSSR count). The number of benzene rings is 1. The SMILES string of the molecule is CCNC/C(C)=C/c1c(C)cccc1C. The Kier molecular flexibility index (Phi) is 4.57. The summed E-state index contributed by atoms with van der Waals surface area (Å²) in [6, 6.07) is 6.44. The average molecular weight is 203 g/mol. The zero-order valence-corrected chi connectivity index (χ0v) is 10.2. The van der Waals surface area contributed by atoms with E-state index in [-0.39, 0.29) is 0 Å². The highest BCUT2D eigenvalue weighted by atomic mass is 14.8. The second-order valence-corrected chi connectivity index (χ2v) is 4.08. The van der Waals surface area contributed by atoms with Crippen molar-refractivity contribution in [2.75, 3.05) is 13.1 Å². The minimum atomic E-state index is 0.976. The van der Waals surface area contributed by atoms with Gasteiger partial charge in [0.2, 0.25) is 0 Å². The topological polar surface area (TPSA) is 12.0 Å². The van der Waals surface area contributed by atoms with Crippen LogP contribution in [0.15, 0.2) is 23.8 Å². The highest BCUT2D eigenvalue weighted by molar-refractivity contribution is 5.59. The third-order valence-electron chi connectivity index (χ3n) is 2.59. The van der Waals surface area contributed by atoms with E-state index in [4.69, 9.17) is 0 Å². The zero-order chi connectivity index (χ0) is 11.3. The van der Waals surface area contributed by atoms with Gasteiger partial charge in [-0.25, -0.2) is 0 Å². The van der Waals surface area contributed by atoms with Gasteiger partial charge in [-0.15, -0.1) is 0 Å². The molecule has 0 spiro atoms. The highest BCUT2D eigenvalue weighted by Crippen LogP contribution is 2.16. The van der Waals surface area contributed by atoms with E-state index in [0.29, 0.717) is 0 Å². The second-order valence-electron chi connectivity index (χ2n) is 4.08. The van der Waals surface area contributed by atoms with Crippen molar-refractivity contribution in [3.8, 4) is 0 Å². The first-order valence-electron chi connectivity index (χ1n) is 5.59. The lowest BCUT2D eigenvalue weighted by molar-refractivity contribution is 0.778. The van der Waals surface area contributed by atoms with Crippen LogP contribution in [0.5, 0.6) is 0 Å². The van der Waals surface area contributed by atoms with Crippen molar-refractivity contribution < 1.29 is 0 Å². The Bertz CT molecular complexity index is 330. The smallest absolute Gasteiger partial charge is 0.0165 e. The molecule has 82 valence electrons. The average Bonchev–Trinajstić information content (AvgIpc) is 2.21. The molecule has 0 bridgehead atoms. The highest BCUT2D eigenvalue weighted by Gasteiger charge is 1.98. The Balaban J connectivity index is 2.87. The third-order valence-corrected chi connectivity index (χ3v) is 2.59. The molecule has 0 aromatic heterocycles. The zero-order valence-electron chi connectivity index (χ0n) is 10.2. The van der Waals surface area contributed by atoms with Gasteiger partial charge < -0.3 is 5.32 Å². The number of hydrogen-bond donors (Lipinski definition) is 1. The molecule has 0 saturated heterocycles. The van der Waals surface area contributed by atoms with E-state index < -0.39 is 0 Å². The Labute approximate surface area is 93.2 Å².